The molecule has 3 rings (SSSR count). The second kappa shape index (κ2) is 9.39. The summed E-state index contributed by atoms with van der Waals surface area (Å²) in [5.74, 6) is 13.5. The first-order valence-electron chi connectivity index (χ1n) is 9.73. The Morgan fingerprint density at radius 3 is 1.92 bits per heavy atom. The largest absolute Gasteiger partial charge is 0.0801 e. The summed E-state index contributed by atoms with van der Waals surface area (Å²) in [5.41, 5.74) is 5.21. The molecule has 0 heterocycles. The maximum Gasteiger partial charge on any atom is 0.0361 e. The lowest BCUT2D eigenvalue weighted by Crippen LogP contribution is -1.95. The fourth-order valence-corrected chi connectivity index (χ4v) is 3.54. The highest BCUT2D eigenvalue weighted by molar-refractivity contribution is 5.52. The number of hydrogen-bond acceptors (Lipinski definition) is 0. The van der Waals surface area contributed by atoms with Crippen molar-refractivity contribution in [3.05, 3.63) is 46.6 Å². The summed E-state index contributed by atoms with van der Waals surface area (Å²) in [6, 6.07) is 0. The van der Waals surface area contributed by atoms with Crippen molar-refractivity contribution in [1.82, 2.24) is 0 Å². The quantitative estimate of drug-likeness (QED) is 0.490. The molecule has 0 heteroatoms. The molecule has 0 radical (unpaired) electrons. The molecule has 0 unspecified atom stereocenters. The highest BCUT2D eigenvalue weighted by atomic mass is 14.1. The van der Waals surface area contributed by atoms with Crippen LogP contribution in [-0.4, -0.2) is 0 Å². The van der Waals surface area contributed by atoms with Gasteiger partial charge in [-0.3, -0.25) is 0 Å². The molecule has 0 aromatic rings. The van der Waals surface area contributed by atoms with Crippen LogP contribution in [-0.2, 0) is 0 Å². The fourth-order valence-electron chi connectivity index (χ4n) is 3.54. The van der Waals surface area contributed by atoms with Crippen molar-refractivity contribution in [2.24, 2.45) is 0 Å². The Kier molecular flexibility index (Phi) is 6.62. The molecule has 0 atom stereocenters. The van der Waals surface area contributed by atoms with Gasteiger partial charge in [-0.1, -0.05) is 41.9 Å². The third-order valence-corrected chi connectivity index (χ3v) is 5.03. The normalized spacial score (nSPS) is 21.3. The third-order valence-electron chi connectivity index (χ3n) is 5.03. The second-order valence-electron chi connectivity index (χ2n) is 7.00. The highest BCUT2D eigenvalue weighted by Crippen LogP contribution is 2.24. The molecule has 0 fully saturated rings. The molecule has 3 aliphatic rings. The van der Waals surface area contributed by atoms with Crippen LogP contribution in [0.15, 0.2) is 46.6 Å². The molecule has 0 spiro atoms. The van der Waals surface area contributed by atoms with Crippen molar-refractivity contribution < 1.29 is 0 Å². The molecule has 0 aromatic carbocycles. The third kappa shape index (κ3) is 5.32. The average Bonchev–Trinajstić information content (AvgIpc) is 2.67. The summed E-state index contributed by atoms with van der Waals surface area (Å²) in [4.78, 5) is 0. The Morgan fingerprint density at radius 1 is 0.708 bits per heavy atom. The molecular formula is C24H28. The van der Waals surface area contributed by atoms with E-state index in [1.807, 2.05) is 0 Å². The molecule has 3 aliphatic carbocycles. The zero-order valence-corrected chi connectivity index (χ0v) is 14.8. The highest BCUT2D eigenvalue weighted by Gasteiger charge is 2.07. The Labute approximate surface area is 147 Å². The molecule has 0 aliphatic heterocycles. The molecule has 0 bridgehead atoms. The van der Waals surface area contributed by atoms with E-state index < -0.39 is 0 Å². The van der Waals surface area contributed by atoms with Gasteiger partial charge in [0.1, 0.15) is 0 Å². The van der Waals surface area contributed by atoms with Crippen molar-refractivity contribution in [2.45, 2.75) is 77.0 Å². The second-order valence-corrected chi connectivity index (χ2v) is 7.00. The van der Waals surface area contributed by atoms with E-state index in [-0.39, 0.29) is 0 Å². The van der Waals surface area contributed by atoms with Crippen LogP contribution in [0, 0.1) is 23.7 Å². The Bertz CT molecular complexity index is 686. The van der Waals surface area contributed by atoms with E-state index in [4.69, 9.17) is 0 Å². The predicted molar refractivity (Wildman–Crippen MR) is 103 cm³/mol. The lowest BCUT2D eigenvalue weighted by molar-refractivity contribution is 0.708. The summed E-state index contributed by atoms with van der Waals surface area (Å²) in [6.07, 6.45) is 23.9. The zero-order chi connectivity index (χ0) is 16.5. The van der Waals surface area contributed by atoms with Crippen molar-refractivity contribution in [3.63, 3.8) is 0 Å². The Morgan fingerprint density at radius 2 is 1.33 bits per heavy atom. The molecule has 0 saturated heterocycles. The summed E-state index contributed by atoms with van der Waals surface area (Å²) in [7, 11) is 0. The van der Waals surface area contributed by atoms with E-state index in [9.17, 15) is 0 Å². The van der Waals surface area contributed by atoms with Gasteiger partial charge in [-0.2, -0.15) is 0 Å². The van der Waals surface area contributed by atoms with Gasteiger partial charge >= 0.3 is 0 Å². The summed E-state index contributed by atoms with van der Waals surface area (Å²) < 4.78 is 0. The number of allylic oxidation sites excluding steroid dienone is 8. The minimum atomic E-state index is 1.15. The van der Waals surface area contributed by atoms with E-state index in [1.165, 1.54) is 74.5 Å². The summed E-state index contributed by atoms with van der Waals surface area (Å²) >= 11 is 0. The van der Waals surface area contributed by atoms with E-state index in [0.717, 1.165) is 24.8 Å². The molecule has 0 saturated carbocycles. The number of hydrogen-bond donors (Lipinski definition) is 0. The molecule has 0 amide bonds. The molecule has 124 valence electrons. The van der Waals surface area contributed by atoms with Gasteiger partial charge in [0.2, 0.25) is 0 Å². The van der Waals surface area contributed by atoms with Crippen molar-refractivity contribution in [3.8, 4) is 23.7 Å². The summed E-state index contributed by atoms with van der Waals surface area (Å²) in [5, 5.41) is 0. The average molecular weight is 316 g/mol. The van der Waals surface area contributed by atoms with Crippen LogP contribution in [0.3, 0.4) is 0 Å². The molecule has 0 N–H and O–H groups in total. The van der Waals surface area contributed by atoms with Gasteiger partial charge in [-0.25, -0.2) is 0 Å². The van der Waals surface area contributed by atoms with Gasteiger partial charge in [-0.15, -0.1) is 0 Å². The van der Waals surface area contributed by atoms with E-state index in [0.29, 0.717) is 0 Å². The van der Waals surface area contributed by atoms with Crippen LogP contribution in [0.2, 0.25) is 0 Å². The molecular weight excluding hydrogens is 288 g/mol. The maximum atomic E-state index is 3.45. The topological polar surface area (TPSA) is 0 Å². The van der Waals surface area contributed by atoms with Crippen LogP contribution in [0.1, 0.15) is 77.0 Å². The standard InChI is InChI=1S/C24H28/c1-4-11-21(12-5-1)15-10-18-24(23-16-8-3-9-17-23)20-19-22-13-6-2-7-14-22/h11,13,16,18H,1-9,12,14,17H2/b24-18-. The van der Waals surface area contributed by atoms with Crippen LogP contribution in [0.4, 0.5) is 0 Å². The minimum absolute atomic E-state index is 1.15. The first-order chi connectivity index (χ1) is 11.9. The zero-order valence-electron chi connectivity index (χ0n) is 14.8. The number of rotatable bonds is 1. The molecule has 0 aromatic heterocycles. The van der Waals surface area contributed by atoms with Crippen LogP contribution in [0.5, 0.6) is 0 Å². The van der Waals surface area contributed by atoms with Crippen LogP contribution >= 0.6 is 0 Å². The van der Waals surface area contributed by atoms with Gasteiger partial charge in [-0.05, 0) is 93.8 Å². The van der Waals surface area contributed by atoms with Crippen LogP contribution < -0.4 is 0 Å². The van der Waals surface area contributed by atoms with E-state index in [1.54, 1.807) is 0 Å². The van der Waals surface area contributed by atoms with Gasteiger partial charge in [0.05, 0.1) is 0 Å². The lowest BCUT2D eigenvalue weighted by Gasteiger charge is -2.12. The first kappa shape index (κ1) is 16.9. The summed E-state index contributed by atoms with van der Waals surface area (Å²) in [6.45, 7) is 0. The molecule has 24 heavy (non-hydrogen) atoms. The van der Waals surface area contributed by atoms with Gasteiger partial charge in [0.25, 0.3) is 0 Å². The van der Waals surface area contributed by atoms with Crippen molar-refractivity contribution in [2.75, 3.05) is 0 Å². The molecule has 0 nitrogen and oxygen atoms in total. The van der Waals surface area contributed by atoms with Crippen LogP contribution in [0.25, 0.3) is 0 Å². The van der Waals surface area contributed by atoms with E-state index >= 15 is 0 Å². The SMILES string of the molecule is C(#CC1=CCCCC1)/C=C(/C#CC1=CCCCC1)C1=CCCCC1. The minimum Gasteiger partial charge on any atom is -0.0801 e. The lowest BCUT2D eigenvalue weighted by atomic mass is 9.92. The Hall–Kier alpha value is -1.92. The maximum absolute atomic E-state index is 3.45. The van der Waals surface area contributed by atoms with Gasteiger partial charge in [0.15, 0.2) is 0 Å². The van der Waals surface area contributed by atoms with Crippen molar-refractivity contribution >= 4 is 0 Å². The van der Waals surface area contributed by atoms with Gasteiger partial charge in [0, 0.05) is 11.6 Å². The first-order valence-corrected chi connectivity index (χ1v) is 9.73. The smallest absolute Gasteiger partial charge is 0.0361 e. The monoisotopic (exact) mass is 316 g/mol. The Balaban J connectivity index is 1.79. The van der Waals surface area contributed by atoms with Gasteiger partial charge < -0.3 is 0 Å². The van der Waals surface area contributed by atoms with Crippen molar-refractivity contribution in [1.29, 1.82) is 0 Å². The fraction of sp³-hybridized carbons (Fsp3) is 0.500. The van der Waals surface area contributed by atoms with E-state index in [2.05, 4.69) is 48.0 Å². The predicted octanol–water partition coefficient (Wildman–Crippen LogP) is 6.42.